The maximum atomic E-state index is 15.4. The third kappa shape index (κ3) is 5.60. The number of methoxy groups -OCH3 is 1. The minimum Gasteiger partial charge on any atom is -0.493 e. The Bertz CT molecular complexity index is 2000. The van der Waals surface area contributed by atoms with Crippen LogP contribution in [0, 0.1) is 11.6 Å². The number of halogens is 2. The summed E-state index contributed by atoms with van der Waals surface area (Å²) in [6.45, 7) is 1.68. The van der Waals surface area contributed by atoms with Gasteiger partial charge < -0.3 is 18.9 Å². The van der Waals surface area contributed by atoms with Crippen molar-refractivity contribution in [2.75, 3.05) is 20.3 Å². The molecule has 10 nitrogen and oxygen atoms in total. The minimum atomic E-state index is -0.701. The summed E-state index contributed by atoms with van der Waals surface area (Å²) in [6.07, 6.45) is 4.05. The molecule has 0 bridgehead atoms. The Labute approximate surface area is 262 Å². The third-order valence-corrected chi connectivity index (χ3v) is 8.26. The normalized spacial score (nSPS) is 15.9. The molecule has 46 heavy (non-hydrogen) atoms. The van der Waals surface area contributed by atoms with Gasteiger partial charge in [0.15, 0.2) is 28.8 Å². The summed E-state index contributed by atoms with van der Waals surface area (Å²) in [6, 6.07) is 13.2. The number of carbonyl (C=O) groups is 1. The standard InChI is InChI=1S/C34H30F2N4O6/c1-43-30-16-24-26(17-31(30)45-23-11-13-44-18-23)37-19-38-33(24)46-29-10-5-20(14-25(29)36)15-28(41)32-27-4-2-3-12-39(27)40(34(32)42)22-8-6-21(35)7-9-22/h5-10,14,16-17,19,23H,2-4,11-13,15,18H2,1H3/t23-/m0/s1. The summed E-state index contributed by atoms with van der Waals surface area (Å²) in [5, 5.41) is 0.490. The van der Waals surface area contributed by atoms with Gasteiger partial charge in [-0.2, -0.15) is 0 Å². The van der Waals surface area contributed by atoms with E-state index in [9.17, 15) is 14.0 Å². The Hall–Kier alpha value is -5.10. The van der Waals surface area contributed by atoms with Crippen LogP contribution in [0.15, 0.2) is 65.7 Å². The molecule has 0 aliphatic carbocycles. The van der Waals surface area contributed by atoms with E-state index in [4.69, 9.17) is 18.9 Å². The number of hydrogen-bond acceptors (Lipinski definition) is 8. The predicted octanol–water partition coefficient (Wildman–Crippen LogP) is 5.59. The molecule has 0 unspecified atom stereocenters. The van der Waals surface area contributed by atoms with Crippen molar-refractivity contribution < 1.29 is 32.5 Å². The first-order chi connectivity index (χ1) is 22.4. The first-order valence-electron chi connectivity index (χ1n) is 15.1. The fourth-order valence-electron chi connectivity index (χ4n) is 6.02. The molecule has 2 aliphatic rings. The van der Waals surface area contributed by atoms with Gasteiger partial charge in [0.05, 0.1) is 42.6 Å². The van der Waals surface area contributed by atoms with Gasteiger partial charge in [-0.25, -0.2) is 23.4 Å². The average molecular weight is 629 g/mol. The van der Waals surface area contributed by atoms with Gasteiger partial charge in [-0.15, -0.1) is 0 Å². The van der Waals surface area contributed by atoms with Crippen molar-refractivity contribution in [1.29, 1.82) is 0 Å². The molecule has 12 heteroatoms. The lowest BCUT2D eigenvalue weighted by atomic mass is 9.99. The highest BCUT2D eigenvalue weighted by atomic mass is 19.1. The monoisotopic (exact) mass is 628 g/mol. The van der Waals surface area contributed by atoms with E-state index in [0.717, 1.165) is 19.3 Å². The first-order valence-corrected chi connectivity index (χ1v) is 15.1. The molecular weight excluding hydrogens is 598 g/mol. The molecule has 0 radical (unpaired) electrons. The maximum Gasteiger partial charge on any atom is 0.282 e. The highest BCUT2D eigenvalue weighted by Gasteiger charge is 2.28. The van der Waals surface area contributed by atoms with Gasteiger partial charge in [0, 0.05) is 25.5 Å². The second-order valence-electron chi connectivity index (χ2n) is 11.3. The smallest absolute Gasteiger partial charge is 0.282 e. The van der Waals surface area contributed by atoms with Crippen molar-refractivity contribution in [2.45, 2.75) is 44.8 Å². The molecule has 7 rings (SSSR count). The summed E-state index contributed by atoms with van der Waals surface area (Å²) in [5.74, 6) is -0.575. The van der Waals surface area contributed by atoms with Crippen LogP contribution in [0.2, 0.25) is 0 Å². The van der Waals surface area contributed by atoms with Crippen LogP contribution < -0.4 is 19.8 Å². The SMILES string of the molecule is COc1cc2c(Oc3ccc(CC(=O)c4c5n(n(-c6ccc(F)cc6)c4=O)CCCC5)cc3F)ncnc2cc1O[C@H]1CCOC1. The van der Waals surface area contributed by atoms with Gasteiger partial charge in [0.25, 0.3) is 5.56 Å². The summed E-state index contributed by atoms with van der Waals surface area (Å²) in [4.78, 5) is 35.6. The number of rotatable bonds is 9. The molecule has 5 aromatic rings. The van der Waals surface area contributed by atoms with Crippen LogP contribution in [-0.4, -0.2) is 51.5 Å². The van der Waals surface area contributed by atoms with E-state index in [2.05, 4.69) is 9.97 Å². The average Bonchev–Trinajstić information content (AvgIpc) is 3.67. The zero-order valence-corrected chi connectivity index (χ0v) is 25.0. The number of fused-ring (bicyclic) bond motifs is 2. The van der Waals surface area contributed by atoms with Crippen molar-refractivity contribution in [3.63, 3.8) is 0 Å². The lowest BCUT2D eigenvalue weighted by Crippen LogP contribution is -2.24. The highest BCUT2D eigenvalue weighted by molar-refractivity contribution is 5.98. The molecule has 1 atom stereocenters. The van der Waals surface area contributed by atoms with Gasteiger partial charge in [-0.1, -0.05) is 6.07 Å². The summed E-state index contributed by atoms with van der Waals surface area (Å²) >= 11 is 0. The minimum absolute atomic E-state index is 0.0787. The molecule has 1 fully saturated rings. The molecule has 0 N–H and O–H groups in total. The van der Waals surface area contributed by atoms with Gasteiger partial charge in [0.2, 0.25) is 5.88 Å². The van der Waals surface area contributed by atoms with Crippen LogP contribution in [0.25, 0.3) is 16.6 Å². The number of nitrogens with zero attached hydrogens (tertiary/aromatic N) is 4. The third-order valence-electron chi connectivity index (χ3n) is 8.26. The lowest BCUT2D eigenvalue weighted by Gasteiger charge is -2.19. The van der Waals surface area contributed by atoms with Crippen molar-refractivity contribution in [3.8, 4) is 28.8 Å². The van der Waals surface area contributed by atoms with E-state index in [1.165, 1.54) is 54.5 Å². The van der Waals surface area contributed by atoms with Crippen LogP contribution >= 0.6 is 0 Å². The Morgan fingerprint density at radius 2 is 1.87 bits per heavy atom. The fourth-order valence-corrected chi connectivity index (χ4v) is 6.02. The number of ketones is 1. The van der Waals surface area contributed by atoms with E-state index in [-0.39, 0.29) is 29.7 Å². The van der Waals surface area contributed by atoms with E-state index < -0.39 is 23.0 Å². The van der Waals surface area contributed by atoms with Crippen LogP contribution in [0.1, 0.15) is 40.9 Å². The van der Waals surface area contributed by atoms with Crippen molar-refractivity contribution in [3.05, 3.63) is 99.7 Å². The van der Waals surface area contributed by atoms with Crippen LogP contribution in [-0.2, 0) is 24.1 Å². The molecule has 0 amide bonds. The Morgan fingerprint density at radius 1 is 1.02 bits per heavy atom. The summed E-state index contributed by atoms with van der Waals surface area (Å²) < 4.78 is 55.1. The van der Waals surface area contributed by atoms with Crippen LogP contribution in [0.5, 0.6) is 23.1 Å². The van der Waals surface area contributed by atoms with Crippen molar-refractivity contribution >= 4 is 16.7 Å². The predicted molar refractivity (Wildman–Crippen MR) is 163 cm³/mol. The first kappa shape index (κ1) is 29.6. The number of carbonyl (C=O) groups excluding carboxylic acids is 1. The number of aromatic nitrogens is 4. The summed E-state index contributed by atoms with van der Waals surface area (Å²) in [5.41, 5.74) is 1.63. The zero-order chi connectivity index (χ0) is 31.8. The van der Waals surface area contributed by atoms with Gasteiger partial charge in [0.1, 0.15) is 23.8 Å². The molecule has 0 saturated carbocycles. The topological polar surface area (TPSA) is 107 Å². The fraction of sp³-hybridized carbons (Fsp3) is 0.294. The molecule has 236 valence electrons. The van der Waals surface area contributed by atoms with E-state index in [0.29, 0.717) is 65.5 Å². The van der Waals surface area contributed by atoms with Crippen LogP contribution in [0.3, 0.4) is 0 Å². The second kappa shape index (κ2) is 12.4. The Kier molecular flexibility index (Phi) is 7.95. The Morgan fingerprint density at radius 3 is 2.63 bits per heavy atom. The van der Waals surface area contributed by atoms with E-state index >= 15 is 4.39 Å². The maximum absolute atomic E-state index is 15.4. The van der Waals surface area contributed by atoms with Crippen molar-refractivity contribution in [2.24, 2.45) is 0 Å². The summed E-state index contributed by atoms with van der Waals surface area (Å²) in [7, 11) is 1.52. The largest absolute Gasteiger partial charge is 0.493 e. The van der Waals surface area contributed by atoms with Gasteiger partial charge >= 0.3 is 0 Å². The highest BCUT2D eigenvalue weighted by Crippen LogP contribution is 2.37. The molecule has 2 aromatic heterocycles. The lowest BCUT2D eigenvalue weighted by molar-refractivity contribution is 0.0990. The van der Waals surface area contributed by atoms with Gasteiger partial charge in [-0.05, 0) is 67.3 Å². The molecule has 1 saturated heterocycles. The molecule has 2 aliphatic heterocycles. The number of hydrogen-bond donors (Lipinski definition) is 0. The van der Waals surface area contributed by atoms with Crippen molar-refractivity contribution in [1.82, 2.24) is 19.3 Å². The number of ether oxygens (including phenoxy) is 4. The van der Waals surface area contributed by atoms with E-state index in [1.807, 2.05) is 0 Å². The Balaban J connectivity index is 1.14. The second-order valence-corrected chi connectivity index (χ2v) is 11.3. The van der Waals surface area contributed by atoms with Crippen LogP contribution in [0.4, 0.5) is 8.78 Å². The zero-order valence-electron chi connectivity index (χ0n) is 25.0. The molecule has 4 heterocycles. The quantitative estimate of drug-likeness (QED) is 0.195. The number of benzene rings is 3. The molecule has 3 aromatic carbocycles. The van der Waals surface area contributed by atoms with E-state index in [1.54, 1.807) is 22.9 Å². The number of Topliss-reactive ketones (excluding diaryl/α,β-unsaturated/α-hetero) is 1. The van der Waals surface area contributed by atoms with Gasteiger partial charge in [-0.3, -0.25) is 14.3 Å². The molecular formula is C34H30F2N4O6. The molecule has 0 spiro atoms.